The lowest BCUT2D eigenvalue weighted by Gasteiger charge is -2.05. The zero-order valence-electron chi connectivity index (χ0n) is 15.4. The molecule has 0 radical (unpaired) electrons. The van der Waals surface area contributed by atoms with E-state index in [0.29, 0.717) is 22.6 Å². The molecule has 144 valence electrons. The van der Waals surface area contributed by atoms with Crippen molar-refractivity contribution in [2.24, 2.45) is 0 Å². The Morgan fingerprint density at radius 3 is 2.79 bits per heavy atom. The van der Waals surface area contributed by atoms with Crippen molar-refractivity contribution >= 4 is 45.3 Å². The molecule has 0 amide bonds. The number of nitro groups is 1. The van der Waals surface area contributed by atoms with Gasteiger partial charge in [-0.05, 0) is 36.9 Å². The second kappa shape index (κ2) is 7.44. The summed E-state index contributed by atoms with van der Waals surface area (Å²) >= 11 is 1.04. The second-order valence-corrected chi connectivity index (χ2v) is 7.29. The van der Waals surface area contributed by atoms with Crippen molar-refractivity contribution < 1.29 is 9.72 Å². The maximum absolute atomic E-state index is 11.5. The highest BCUT2D eigenvalue weighted by atomic mass is 32.2. The SMILES string of the molecule is C=CCn1c2ccccc2c2nnc(Sc3ccc(C(C)=O)cc3[N+](=O)[O-])nc21. The van der Waals surface area contributed by atoms with Crippen molar-refractivity contribution in [1.82, 2.24) is 19.7 Å². The number of Topliss-reactive ketones (excluding diaryl/α,β-unsaturated/α-hetero) is 1. The summed E-state index contributed by atoms with van der Waals surface area (Å²) < 4.78 is 1.98. The molecule has 0 atom stereocenters. The van der Waals surface area contributed by atoms with Crippen LogP contribution in [0.4, 0.5) is 5.69 Å². The van der Waals surface area contributed by atoms with Gasteiger partial charge in [-0.15, -0.1) is 16.8 Å². The summed E-state index contributed by atoms with van der Waals surface area (Å²) in [4.78, 5) is 27.4. The number of carbonyl (C=O) groups is 1. The van der Waals surface area contributed by atoms with Crippen molar-refractivity contribution in [1.29, 1.82) is 0 Å². The summed E-state index contributed by atoms with van der Waals surface area (Å²) in [6.07, 6.45) is 1.77. The minimum Gasteiger partial charge on any atom is -0.320 e. The minimum absolute atomic E-state index is 0.168. The lowest BCUT2D eigenvalue weighted by Crippen LogP contribution is -2.00. The molecule has 4 aromatic rings. The predicted octanol–water partition coefficient (Wildman–Crippen LogP) is 4.43. The Bertz CT molecular complexity index is 1300. The maximum atomic E-state index is 11.5. The van der Waals surface area contributed by atoms with Gasteiger partial charge in [-0.2, -0.15) is 0 Å². The summed E-state index contributed by atoms with van der Waals surface area (Å²) in [6, 6.07) is 12.1. The van der Waals surface area contributed by atoms with Crippen LogP contribution in [0.1, 0.15) is 17.3 Å². The number of carbonyl (C=O) groups excluding carboxylic acids is 1. The normalized spacial score (nSPS) is 11.1. The molecular weight excluding hydrogens is 390 g/mol. The quantitative estimate of drug-likeness (QED) is 0.202. The Labute approximate surface area is 169 Å². The van der Waals surface area contributed by atoms with Gasteiger partial charge in [0.25, 0.3) is 5.69 Å². The number of hydrogen-bond acceptors (Lipinski definition) is 7. The molecule has 0 bridgehead atoms. The third-order valence-corrected chi connectivity index (χ3v) is 5.35. The molecule has 0 N–H and O–H groups in total. The van der Waals surface area contributed by atoms with Crippen molar-refractivity contribution in [2.75, 3.05) is 0 Å². The summed E-state index contributed by atoms with van der Waals surface area (Å²) in [5.41, 5.74) is 2.36. The zero-order valence-corrected chi connectivity index (χ0v) is 16.2. The Morgan fingerprint density at radius 1 is 1.28 bits per heavy atom. The first kappa shape index (κ1) is 18.8. The van der Waals surface area contributed by atoms with Crippen LogP contribution >= 0.6 is 11.8 Å². The Hall–Kier alpha value is -3.59. The lowest BCUT2D eigenvalue weighted by molar-refractivity contribution is -0.387. The Morgan fingerprint density at radius 2 is 2.07 bits per heavy atom. The molecular formula is C20H15N5O3S. The maximum Gasteiger partial charge on any atom is 0.284 e. The van der Waals surface area contributed by atoms with Crippen LogP contribution < -0.4 is 0 Å². The molecule has 2 aromatic heterocycles. The second-order valence-electron chi connectivity index (χ2n) is 6.28. The van der Waals surface area contributed by atoms with Crippen LogP contribution in [-0.2, 0) is 6.54 Å². The molecule has 2 aromatic carbocycles. The number of nitrogens with zero attached hydrogens (tertiary/aromatic N) is 5. The summed E-state index contributed by atoms with van der Waals surface area (Å²) in [6.45, 7) is 5.71. The fraction of sp³-hybridized carbons (Fsp3) is 0.100. The molecule has 0 aliphatic heterocycles. The first-order valence-electron chi connectivity index (χ1n) is 8.69. The average Bonchev–Trinajstić information content (AvgIpc) is 3.02. The number of hydrogen-bond donors (Lipinski definition) is 0. The van der Waals surface area contributed by atoms with E-state index in [1.807, 2.05) is 28.8 Å². The zero-order chi connectivity index (χ0) is 20.5. The monoisotopic (exact) mass is 405 g/mol. The van der Waals surface area contributed by atoms with Crippen molar-refractivity contribution in [3.63, 3.8) is 0 Å². The van der Waals surface area contributed by atoms with Gasteiger partial charge in [0.15, 0.2) is 11.4 Å². The van der Waals surface area contributed by atoms with Crippen molar-refractivity contribution in [3.8, 4) is 0 Å². The van der Waals surface area contributed by atoms with E-state index < -0.39 is 4.92 Å². The largest absolute Gasteiger partial charge is 0.320 e. The van der Waals surface area contributed by atoms with E-state index in [4.69, 9.17) is 0 Å². The number of rotatable bonds is 6. The first-order valence-corrected chi connectivity index (χ1v) is 9.51. The number of ketones is 1. The van der Waals surface area contributed by atoms with Crippen LogP contribution in [0.25, 0.3) is 22.1 Å². The van der Waals surface area contributed by atoms with Crippen LogP contribution in [0.2, 0.25) is 0 Å². The van der Waals surface area contributed by atoms with Crippen molar-refractivity contribution in [3.05, 3.63) is 70.8 Å². The van der Waals surface area contributed by atoms with Crippen LogP contribution in [0, 0.1) is 10.1 Å². The van der Waals surface area contributed by atoms with Crippen molar-refractivity contribution in [2.45, 2.75) is 23.5 Å². The fourth-order valence-electron chi connectivity index (χ4n) is 3.11. The van der Waals surface area contributed by atoms with E-state index in [2.05, 4.69) is 21.8 Å². The Kier molecular flexibility index (Phi) is 4.81. The number of allylic oxidation sites excluding steroid dienone is 1. The molecule has 4 rings (SSSR count). The molecule has 0 aliphatic rings. The van der Waals surface area contributed by atoms with Crippen LogP contribution in [0.3, 0.4) is 0 Å². The highest BCUT2D eigenvalue weighted by Crippen LogP contribution is 2.35. The van der Waals surface area contributed by atoms with Crippen LogP contribution in [0.5, 0.6) is 0 Å². The molecule has 2 heterocycles. The van der Waals surface area contributed by atoms with Gasteiger partial charge in [0, 0.05) is 23.6 Å². The van der Waals surface area contributed by atoms with Gasteiger partial charge in [-0.1, -0.05) is 24.3 Å². The van der Waals surface area contributed by atoms with E-state index >= 15 is 0 Å². The van der Waals surface area contributed by atoms with E-state index in [-0.39, 0.29) is 22.2 Å². The summed E-state index contributed by atoms with van der Waals surface area (Å²) in [5.74, 6) is -0.238. The molecule has 9 heteroatoms. The lowest BCUT2D eigenvalue weighted by atomic mass is 10.1. The van der Waals surface area contributed by atoms with Gasteiger partial charge in [0.1, 0.15) is 5.52 Å². The third-order valence-electron chi connectivity index (χ3n) is 4.43. The summed E-state index contributed by atoms with van der Waals surface area (Å²) in [7, 11) is 0. The van der Waals surface area contributed by atoms with Crippen LogP contribution in [0.15, 0.2) is 65.2 Å². The fourth-order valence-corrected chi connectivity index (χ4v) is 3.89. The predicted molar refractivity (Wildman–Crippen MR) is 110 cm³/mol. The molecule has 0 unspecified atom stereocenters. The van der Waals surface area contributed by atoms with Gasteiger partial charge in [0.2, 0.25) is 5.16 Å². The van der Waals surface area contributed by atoms with Gasteiger partial charge in [-0.25, -0.2) is 4.98 Å². The first-order chi connectivity index (χ1) is 14.0. The molecule has 0 aliphatic carbocycles. The number of fused-ring (bicyclic) bond motifs is 3. The standard InChI is InChI=1S/C20H15N5O3S/c1-3-10-24-15-7-5-4-6-14(15)18-19(24)21-20(23-22-18)29-17-9-8-13(12(2)26)11-16(17)25(27)28/h3-9,11H,1,10H2,2H3. The van der Waals surface area contributed by atoms with E-state index in [9.17, 15) is 14.9 Å². The average molecular weight is 405 g/mol. The number of benzene rings is 2. The minimum atomic E-state index is -0.518. The van der Waals surface area contributed by atoms with Gasteiger partial charge < -0.3 is 4.57 Å². The Balaban J connectivity index is 1.83. The highest BCUT2D eigenvalue weighted by Gasteiger charge is 2.20. The van der Waals surface area contributed by atoms with Gasteiger partial charge >= 0.3 is 0 Å². The number of nitro benzene ring substituents is 1. The molecule has 29 heavy (non-hydrogen) atoms. The molecule has 0 saturated carbocycles. The van der Waals surface area contributed by atoms with E-state index in [1.54, 1.807) is 12.1 Å². The number of para-hydroxylation sites is 1. The van der Waals surface area contributed by atoms with E-state index in [1.165, 1.54) is 19.1 Å². The number of aromatic nitrogens is 4. The molecule has 8 nitrogen and oxygen atoms in total. The summed E-state index contributed by atoms with van der Waals surface area (Å²) in [5, 5.41) is 21.1. The van der Waals surface area contributed by atoms with Gasteiger partial charge in [0.05, 0.1) is 15.3 Å². The third kappa shape index (κ3) is 3.36. The van der Waals surface area contributed by atoms with Crippen LogP contribution in [-0.4, -0.2) is 30.5 Å². The van der Waals surface area contributed by atoms with E-state index in [0.717, 1.165) is 22.7 Å². The molecule has 0 fully saturated rings. The van der Waals surface area contributed by atoms with Gasteiger partial charge in [-0.3, -0.25) is 14.9 Å². The molecule has 0 saturated heterocycles. The highest BCUT2D eigenvalue weighted by molar-refractivity contribution is 7.99. The molecule has 0 spiro atoms. The smallest absolute Gasteiger partial charge is 0.284 e. The topological polar surface area (TPSA) is 104 Å².